The first-order valence-corrected chi connectivity index (χ1v) is 10.3. The Hall–Kier alpha value is -2.36. The van der Waals surface area contributed by atoms with Crippen LogP contribution in [-0.2, 0) is 21.5 Å². The van der Waals surface area contributed by atoms with E-state index >= 15 is 0 Å². The molecule has 0 fully saturated rings. The fourth-order valence-corrected chi connectivity index (χ4v) is 3.00. The molecule has 0 radical (unpaired) electrons. The van der Waals surface area contributed by atoms with E-state index in [1.165, 1.54) is 18.2 Å². The van der Waals surface area contributed by atoms with Crippen LogP contribution in [0.25, 0.3) is 0 Å². The number of esters is 1. The Morgan fingerprint density at radius 3 is 2.42 bits per heavy atom. The summed E-state index contributed by atoms with van der Waals surface area (Å²) in [7, 11) is 1.28. The normalized spacial score (nSPS) is 11.8. The number of anilines is 1. The second kappa shape index (κ2) is 13.4. The number of methoxy groups -OCH3 is 1. The Morgan fingerprint density at radius 2 is 1.94 bits per heavy atom. The molecule has 0 bridgehead atoms. The number of carbonyl (C=O) groups excluding carboxylic acids is 2. The Kier molecular flexibility index (Phi) is 12.4. The summed E-state index contributed by atoms with van der Waals surface area (Å²) < 4.78 is 10.2. The SMILES string of the molecule is COC(=O)[C@H](CN)N(CC(C)C)C(=O)c1cnc(C(C)(C)C)nc1NCc1ccco1.Cl.Cl. The number of halogens is 2. The van der Waals surface area contributed by atoms with E-state index in [1.54, 1.807) is 12.3 Å². The molecule has 186 valence electrons. The van der Waals surface area contributed by atoms with E-state index in [0.717, 1.165) is 0 Å². The number of aromatic nitrogens is 2. The Labute approximate surface area is 207 Å². The van der Waals surface area contributed by atoms with Gasteiger partial charge in [-0.05, 0) is 18.1 Å². The largest absolute Gasteiger partial charge is 0.467 e. The minimum Gasteiger partial charge on any atom is -0.467 e. The number of hydrogen-bond acceptors (Lipinski definition) is 8. The van der Waals surface area contributed by atoms with Crippen molar-refractivity contribution in [1.82, 2.24) is 14.9 Å². The molecule has 1 amide bonds. The highest BCUT2D eigenvalue weighted by molar-refractivity contribution is 6.00. The maximum Gasteiger partial charge on any atom is 0.329 e. The molecule has 0 saturated carbocycles. The van der Waals surface area contributed by atoms with E-state index in [4.69, 9.17) is 14.9 Å². The van der Waals surface area contributed by atoms with Gasteiger partial charge in [-0.25, -0.2) is 14.8 Å². The zero-order chi connectivity index (χ0) is 23.2. The van der Waals surface area contributed by atoms with Gasteiger partial charge in [0.25, 0.3) is 5.91 Å². The van der Waals surface area contributed by atoms with Crippen molar-refractivity contribution < 1.29 is 18.7 Å². The van der Waals surface area contributed by atoms with Crippen LogP contribution in [-0.4, -0.2) is 53.0 Å². The summed E-state index contributed by atoms with van der Waals surface area (Å²) in [6, 6.07) is 2.71. The number of carbonyl (C=O) groups is 2. The second-order valence-corrected chi connectivity index (χ2v) is 8.76. The summed E-state index contributed by atoms with van der Waals surface area (Å²) in [5, 5.41) is 3.18. The molecular formula is C22H35Cl2N5O4. The molecule has 2 aromatic rings. The topological polar surface area (TPSA) is 124 Å². The van der Waals surface area contributed by atoms with Gasteiger partial charge < -0.3 is 25.1 Å². The zero-order valence-electron chi connectivity index (χ0n) is 20.0. The highest BCUT2D eigenvalue weighted by Gasteiger charge is 2.33. The van der Waals surface area contributed by atoms with Gasteiger partial charge >= 0.3 is 5.97 Å². The fourth-order valence-electron chi connectivity index (χ4n) is 3.00. The molecule has 0 aromatic carbocycles. The summed E-state index contributed by atoms with van der Waals surface area (Å²) in [6.45, 7) is 10.5. The molecule has 2 rings (SSSR count). The van der Waals surface area contributed by atoms with Gasteiger partial charge in [0.1, 0.15) is 29.0 Å². The summed E-state index contributed by atoms with van der Waals surface area (Å²) in [5.41, 5.74) is 5.77. The van der Waals surface area contributed by atoms with Gasteiger partial charge in [0, 0.05) is 24.7 Å². The van der Waals surface area contributed by atoms with Crippen LogP contribution in [0.1, 0.15) is 56.6 Å². The third-order valence-electron chi connectivity index (χ3n) is 4.60. The van der Waals surface area contributed by atoms with Crippen LogP contribution in [0.5, 0.6) is 0 Å². The number of furan rings is 1. The number of rotatable bonds is 9. The number of nitrogens with zero attached hydrogens (tertiary/aromatic N) is 3. The van der Waals surface area contributed by atoms with Crippen LogP contribution in [0.2, 0.25) is 0 Å². The first kappa shape index (κ1) is 30.6. The second-order valence-electron chi connectivity index (χ2n) is 8.76. The molecule has 0 unspecified atom stereocenters. The van der Waals surface area contributed by atoms with Crippen LogP contribution in [0.3, 0.4) is 0 Å². The number of nitrogens with two attached hydrogens (primary N) is 1. The lowest BCUT2D eigenvalue weighted by Crippen LogP contribution is -2.51. The van der Waals surface area contributed by atoms with Gasteiger partial charge in [-0.1, -0.05) is 34.6 Å². The lowest BCUT2D eigenvalue weighted by molar-refractivity contribution is -0.145. The summed E-state index contributed by atoms with van der Waals surface area (Å²) in [5.74, 6) is 0.811. The highest BCUT2D eigenvalue weighted by Crippen LogP contribution is 2.24. The first-order chi connectivity index (χ1) is 14.6. The van der Waals surface area contributed by atoms with Crippen LogP contribution in [0.4, 0.5) is 5.82 Å². The summed E-state index contributed by atoms with van der Waals surface area (Å²) in [4.78, 5) is 36.3. The number of amides is 1. The van der Waals surface area contributed by atoms with Gasteiger partial charge in [0.15, 0.2) is 0 Å². The average molecular weight is 504 g/mol. The van der Waals surface area contributed by atoms with Crippen LogP contribution < -0.4 is 11.1 Å². The van der Waals surface area contributed by atoms with Crippen molar-refractivity contribution in [2.24, 2.45) is 11.7 Å². The maximum absolute atomic E-state index is 13.6. The minimum absolute atomic E-state index is 0. The molecule has 33 heavy (non-hydrogen) atoms. The molecule has 0 aliphatic rings. The third kappa shape index (κ3) is 8.17. The Bertz CT molecular complexity index is 885. The lowest BCUT2D eigenvalue weighted by atomic mass is 9.95. The van der Waals surface area contributed by atoms with E-state index in [1.807, 2.05) is 40.7 Å². The third-order valence-corrected chi connectivity index (χ3v) is 4.60. The van der Waals surface area contributed by atoms with Crippen molar-refractivity contribution in [1.29, 1.82) is 0 Å². The van der Waals surface area contributed by atoms with Gasteiger partial charge in [0.2, 0.25) is 0 Å². The van der Waals surface area contributed by atoms with Crippen molar-refractivity contribution in [2.75, 3.05) is 25.5 Å². The van der Waals surface area contributed by atoms with E-state index in [-0.39, 0.29) is 48.3 Å². The van der Waals surface area contributed by atoms with E-state index in [9.17, 15) is 9.59 Å². The van der Waals surface area contributed by atoms with Gasteiger partial charge in [-0.2, -0.15) is 0 Å². The minimum atomic E-state index is -0.903. The smallest absolute Gasteiger partial charge is 0.329 e. The van der Waals surface area contributed by atoms with Crippen LogP contribution in [0.15, 0.2) is 29.0 Å². The van der Waals surface area contributed by atoms with E-state index in [2.05, 4.69) is 15.3 Å². The van der Waals surface area contributed by atoms with Crippen LogP contribution >= 0.6 is 24.8 Å². The first-order valence-electron chi connectivity index (χ1n) is 10.3. The molecule has 3 N–H and O–H groups in total. The molecule has 0 spiro atoms. The van der Waals surface area contributed by atoms with E-state index in [0.29, 0.717) is 30.5 Å². The molecule has 1 atom stereocenters. The van der Waals surface area contributed by atoms with Gasteiger partial charge in [-0.3, -0.25) is 4.79 Å². The number of ether oxygens (including phenoxy) is 1. The van der Waals surface area contributed by atoms with Gasteiger partial charge in [-0.15, -0.1) is 24.8 Å². The van der Waals surface area contributed by atoms with Crippen molar-refractivity contribution in [3.05, 3.63) is 41.7 Å². The van der Waals surface area contributed by atoms with E-state index < -0.39 is 17.9 Å². The standard InChI is InChI=1S/C22H33N5O4.2ClH/c1-14(2)13-27(17(10-23)20(29)30-6)19(28)16-12-25-21(22(3,4)5)26-18(16)24-11-15-8-7-9-31-15;;/h7-9,12,14,17H,10-11,13,23H2,1-6H3,(H,24,25,26);2*1H/t17-;;/m0../s1. The number of nitrogens with one attached hydrogen (secondary N) is 1. The Morgan fingerprint density at radius 1 is 1.27 bits per heavy atom. The lowest BCUT2D eigenvalue weighted by Gasteiger charge is -2.31. The predicted molar refractivity (Wildman–Crippen MR) is 132 cm³/mol. The monoisotopic (exact) mass is 503 g/mol. The fraction of sp³-hybridized carbons (Fsp3) is 0.545. The molecular weight excluding hydrogens is 469 g/mol. The van der Waals surface area contributed by atoms with Crippen molar-refractivity contribution in [3.8, 4) is 0 Å². The molecule has 2 aromatic heterocycles. The molecule has 2 heterocycles. The molecule has 0 aliphatic carbocycles. The number of hydrogen-bond donors (Lipinski definition) is 2. The quantitative estimate of drug-likeness (QED) is 0.498. The predicted octanol–water partition coefficient (Wildman–Crippen LogP) is 3.42. The maximum atomic E-state index is 13.6. The highest BCUT2D eigenvalue weighted by atomic mass is 35.5. The summed E-state index contributed by atoms with van der Waals surface area (Å²) >= 11 is 0. The van der Waals surface area contributed by atoms with Crippen LogP contribution in [0, 0.1) is 5.92 Å². The average Bonchev–Trinajstić information content (AvgIpc) is 3.23. The molecule has 11 heteroatoms. The zero-order valence-corrected chi connectivity index (χ0v) is 21.6. The molecule has 9 nitrogen and oxygen atoms in total. The van der Waals surface area contributed by atoms with Crippen molar-refractivity contribution >= 4 is 42.5 Å². The van der Waals surface area contributed by atoms with Crippen molar-refractivity contribution in [2.45, 2.75) is 52.6 Å². The Balaban J connectivity index is 0.00000512. The van der Waals surface area contributed by atoms with Crippen molar-refractivity contribution in [3.63, 3.8) is 0 Å². The molecule has 0 aliphatic heterocycles. The summed E-state index contributed by atoms with van der Waals surface area (Å²) in [6.07, 6.45) is 3.08. The molecule has 0 saturated heterocycles. The van der Waals surface area contributed by atoms with Gasteiger partial charge in [0.05, 0.1) is 19.9 Å².